The SMILES string of the molecule is COC(=O)N1CCN(Cc2ccc(C)c(CNC(=O)Nc3ccc(C)nc3)c2)CC1. The van der Waals surface area contributed by atoms with Gasteiger partial charge < -0.3 is 20.3 Å². The lowest BCUT2D eigenvalue weighted by Crippen LogP contribution is -2.48. The Hall–Kier alpha value is -3.13. The van der Waals surface area contributed by atoms with Gasteiger partial charge in [0.2, 0.25) is 0 Å². The number of hydrogen-bond acceptors (Lipinski definition) is 5. The molecule has 2 heterocycles. The number of piperazine rings is 1. The van der Waals surface area contributed by atoms with E-state index in [9.17, 15) is 9.59 Å². The summed E-state index contributed by atoms with van der Waals surface area (Å²) >= 11 is 0. The molecule has 0 bridgehead atoms. The molecule has 8 heteroatoms. The van der Waals surface area contributed by atoms with Crippen molar-refractivity contribution >= 4 is 17.8 Å². The molecule has 0 unspecified atom stereocenters. The van der Waals surface area contributed by atoms with Gasteiger partial charge in [0.1, 0.15) is 0 Å². The summed E-state index contributed by atoms with van der Waals surface area (Å²) in [4.78, 5) is 32.0. The van der Waals surface area contributed by atoms with Crippen LogP contribution in [0.3, 0.4) is 0 Å². The minimum atomic E-state index is -0.266. The molecule has 1 saturated heterocycles. The Bertz CT molecular complexity index is 877. The first-order chi connectivity index (χ1) is 14.4. The van der Waals surface area contributed by atoms with Gasteiger partial charge in [0, 0.05) is 45.0 Å². The second-order valence-corrected chi connectivity index (χ2v) is 7.49. The van der Waals surface area contributed by atoms with Gasteiger partial charge in [-0.05, 0) is 42.7 Å². The maximum absolute atomic E-state index is 12.2. The van der Waals surface area contributed by atoms with E-state index in [1.54, 1.807) is 11.1 Å². The van der Waals surface area contributed by atoms with Crippen LogP contribution in [0.4, 0.5) is 15.3 Å². The second-order valence-electron chi connectivity index (χ2n) is 7.49. The molecule has 3 amide bonds. The molecule has 0 radical (unpaired) electrons. The zero-order valence-electron chi connectivity index (χ0n) is 17.8. The summed E-state index contributed by atoms with van der Waals surface area (Å²) in [5.74, 6) is 0. The summed E-state index contributed by atoms with van der Waals surface area (Å²) in [6.45, 7) is 8.15. The van der Waals surface area contributed by atoms with Gasteiger partial charge in [-0.2, -0.15) is 0 Å². The van der Waals surface area contributed by atoms with Crippen LogP contribution in [0.2, 0.25) is 0 Å². The molecule has 1 aromatic heterocycles. The number of carbonyl (C=O) groups is 2. The first-order valence-electron chi connectivity index (χ1n) is 10.1. The maximum atomic E-state index is 12.2. The Morgan fingerprint density at radius 3 is 2.53 bits per heavy atom. The van der Waals surface area contributed by atoms with Gasteiger partial charge in [-0.3, -0.25) is 9.88 Å². The highest BCUT2D eigenvalue weighted by Crippen LogP contribution is 2.15. The first-order valence-corrected chi connectivity index (χ1v) is 10.1. The molecule has 30 heavy (non-hydrogen) atoms. The van der Waals surface area contributed by atoms with Crippen molar-refractivity contribution in [1.29, 1.82) is 0 Å². The van der Waals surface area contributed by atoms with Crippen molar-refractivity contribution in [2.24, 2.45) is 0 Å². The fourth-order valence-corrected chi connectivity index (χ4v) is 3.38. The van der Waals surface area contributed by atoms with E-state index in [-0.39, 0.29) is 12.1 Å². The van der Waals surface area contributed by atoms with Crippen LogP contribution in [-0.2, 0) is 17.8 Å². The standard InChI is InChI=1S/C22H29N5O3/c1-16-4-6-18(15-26-8-10-27(11-9-26)22(29)30-3)12-19(16)13-24-21(28)25-20-7-5-17(2)23-14-20/h4-7,12,14H,8-11,13,15H2,1-3H3,(H2,24,25,28). The van der Waals surface area contributed by atoms with Crippen molar-refractivity contribution in [1.82, 2.24) is 20.1 Å². The average Bonchev–Trinajstić information content (AvgIpc) is 2.75. The van der Waals surface area contributed by atoms with Crippen LogP contribution in [0, 0.1) is 13.8 Å². The maximum Gasteiger partial charge on any atom is 0.409 e. The quantitative estimate of drug-likeness (QED) is 0.790. The third-order valence-electron chi connectivity index (χ3n) is 5.23. The number of anilines is 1. The predicted octanol–water partition coefficient (Wildman–Crippen LogP) is 2.90. The molecule has 1 aliphatic heterocycles. The average molecular weight is 412 g/mol. The van der Waals surface area contributed by atoms with E-state index in [1.807, 2.05) is 26.0 Å². The van der Waals surface area contributed by atoms with Crippen molar-refractivity contribution < 1.29 is 14.3 Å². The Balaban J connectivity index is 1.52. The van der Waals surface area contributed by atoms with Gasteiger partial charge in [0.05, 0.1) is 19.0 Å². The molecule has 2 aromatic rings. The molecule has 1 aromatic carbocycles. The molecule has 0 atom stereocenters. The summed E-state index contributed by atoms with van der Waals surface area (Å²) in [6, 6.07) is 9.75. The molecular formula is C22H29N5O3. The fraction of sp³-hybridized carbons (Fsp3) is 0.409. The molecule has 1 aliphatic rings. The largest absolute Gasteiger partial charge is 0.453 e. The van der Waals surface area contributed by atoms with Crippen LogP contribution < -0.4 is 10.6 Å². The number of urea groups is 1. The Kier molecular flexibility index (Phi) is 7.24. The highest BCUT2D eigenvalue weighted by molar-refractivity contribution is 5.88. The van der Waals surface area contributed by atoms with Crippen molar-refractivity contribution in [3.8, 4) is 0 Å². The number of amides is 3. The number of nitrogens with one attached hydrogen (secondary N) is 2. The monoisotopic (exact) mass is 411 g/mol. The number of aromatic nitrogens is 1. The van der Waals surface area contributed by atoms with Crippen LogP contribution in [-0.4, -0.2) is 60.2 Å². The van der Waals surface area contributed by atoms with Crippen LogP contribution in [0.1, 0.15) is 22.4 Å². The zero-order chi connectivity index (χ0) is 21.5. The summed E-state index contributed by atoms with van der Waals surface area (Å²) in [5.41, 5.74) is 4.96. The lowest BCUT2D eigenvalue weighted by Gasteiger charge is -2.33. The molecule has 3 rings (SSSR count). The van der Waals surface area contributed by atoms with E-state index in [0.717, 1.165) is 36.5 Å². The first kappa shape index (κ1) is 21.6. The normalized spacial score (nSPS) is 14.3. The fourth-order valence-electron chi connectivity index (χ4n) is 3.38. The van der Waals surface area contributed by atoms with Gasteiger partial charge in [-0.15, -0.1) is 0 Å². The van der Waals surface area contributed by atoms with Gasteiger partial charge >= 0.3 is 12.1 Å². The summed E-state index contributed by atoms with van der Waals surface area (Å²) < 4.78 is 4.79. The van der Waals surface area contributed by atoms with Crippen molar-refractivity contribution in [3.05, 3.63) is 58.9 Å². The zero-order valence-corrected chi connectivity index (χ0v) is 17.8. The molecule has 160 valence electrons. The Labute approximate surface area is 177 Å². The summed E-state index contributed by atoms with van der Waals surface area (Å²) in [6.07, 6.45) is 1.37. The topological polar surface area (TPSA) is 86.8 Å². The molecule has 0 aliphatic carbocycles. The molecule has 0 saturated carbocycles. The summed E-state index contributed by atoms with van der Waals surface area (Å²) in [5, 5.41) is 5.70. The molecule has 8 nitrogen and oxygen atoms in total. The smallest absolute Gasteiger partial charge is 0.409 e. The lowest BCUT2D eigenvalue weighted by atomic mass is 10.0. The van der Waals surface area contributed by atoms with Crippen LogP contribution in [0.15, 0.2) is 36.5 Å². The Morgan fingerprint density at radius 1 is 1.10 bits per heavy atom. The van der Waals surface area contributed by atoms with E-state index in [2.05, 4.69) is 38.7 Å². The number of hydrogen-bond donors (Lipinski definition) is 2. The van der Waals surface area contributed by atoms with E-state index >= 15 is 0 Å². The van der Waals surface area contributed by atoms with Crippen molar-refractivity contribution in [2.75, 3.05) is 38.6 Å². The number of benzene rings is 1. The van der Waals surface area contributed by atoms with E-state index in [1.165, 1.54) is 12.7 Å². The van der Waals surface area contributed by atoms with Gasteiger partial charge in [-0.1, -0.05) is 18.2 Å². The van der Waals surface area contributed by atoms with Crippen molar-refractivity contribution in [2.45, 2.75) is 26.9 Å². The number of ether oxygens (including phenoxy) is 1. The second kappa shape index (κ2) is 10.1. The van der Waals surface area contributed by atoms with Crippen molar-refractivity contribution in [3.63, 3.8) is 0 Å². The van der Waals surface area contributed by atoms with Crippen LogP contribution in [0.25, 0.3) is 0 Å². The van der Waals surface area contributed by atoms with Gasteiger partial charge in [0.15, 0.2) is 0 Å². The highest BCUT2D eigenvalue weighted by atomic mass is 16.5. The third-order valence-corrected chi connectivity index (χ3v) is 5.23. The molecule has 1 fully saturated rings. The molecule has 0 spiro atoms. The van der Waals surface area contributed by atoms with E-state index < -0.39 is 0 Å². The summed E-state index contributed by atoms with van der Waals surface area (Å²) in [7, 11) is 1.41. The Morgan fingerprint density at radius 2 is 1.87 bits per heavy atom. The number of pyridine rings is 1. The minimum Gasteiger partial charge on any atom is -0.453 e. The van der Waals surface area contributed by atoms with Crippen LogP contribution >= 0.6 is 0 Å². The number of rotatable bonds is 5. The lowest BCUT2D eigenvalue weighted by molar-refractivity contribution is 0.0889. The third kappa shape index (κ3) is 5.93. The minimum absolute atomic E-state index is 0.260. The number of methoxy groups -OCH3 is 1. The molecule has 2 N–H and O–H groups in total. The van der Waals surface area contributed by atoms with E-state index in [0.29, 0.717) is 25.3 Å². The number of carbonyl (C=O) groups excluding carboxylic acids is 2. The highest BCUT2D eigenvalue weighted by Gasteiger charge is 2.21. The van der Waals surface area contributed by atoms with Gasteiger partial charge in [-0.25, -0.2) is 9.59 Å². The van der Waals surface area contributed by atoms with Crippen LogP contribution in [0.5, 0.6) is 0 Å². The van der Waals surface area contributed by atoms with Gasteiger partial charge in [0.25, 0.3) is 0 Å². The predicted molar refractivity (Wildman–Crippen MR) is 115 cm³/mol. The molecular weight excluding hydrogens is 382 g/mol. The number of aryl methyl sites for hydroxylation is 2. The number of nitrogens with zero attached hydrogens (tertiary/aromatic N) is 3. The van der Waals surface area contributed by atoms with E-state index in [4.69, 9.17) is 4.74 Å².